The lowest BCUT2D eigenvalue weighted by Crippen LogP contribution is -2.19. The van der Waals surface area contributed by atoms with Crippen LogP contribution in [-0.4, -0.2) is 38.7 Å². The summed E-state index contributed by atoms with van der Waals surface area (Å²) < 4.78 is 1.07. The van der Waals surface area contributed by atoms with Crippen LogP contribution in [0.1, 0.15) is 16.9 Å². The van der Waals surface area contributed by atoms with Gasteiger partial charge < -0.3 is 10.4 Å². The molecule has 1 aromatic heterocycles. The second kappa shape index (κ2) is 5.05. The van der Waals surface area contributed by atoms with E-state index >= 15 is 0 Å². The van der Waals surface area contributed by atoms with E-state index in [1.807, 2.05) is 0 Å². The van der Waals surface area contributed by atoms with Gasteiger partial charge in [0.1, 0.15) is 6.20 Å². The molecule has 0 spiro atoms. The fourth-order valence-corrected chi connectivity index (χ4v) is 1.15. The lowest BCUT2D eigenvalue weighted by Gasteiger charge is -1.99. The van der Waals surface area contributed by atoms with E-state index in [2.05, 4.69) is 10.4 Å². The molecule has 0 fully saturated rings. The second-order valence-corrected chi connectivity index (χ2v) is 3.11. The van der Waals surface area contributed by atoms with E-state index in [0.29, 0.717) is 0 Å². The predicted octanol–water partition coefficient (Wildman–Crippen LogP) is -0.374. The van der Waals surface area contributed by atoms with Crippen molar-refractivity contribution in [2.75, 3.05) is 7.05 Å². The lowest BCUT2D eigenvalue weighted by atomic mass is 10.4. The molecule has 2 N–H and O–H groups in total. The van der Waals surface area contributed by atoms with Crippen molar-refractivity contribution in [3.05, 3.63) is 22.0 Å². The van der Waals surface area contributed by atoms with E-state index in [0.717, 1.165) is 10.9 Å². The first-order chi connectivity index (χ1) is 7.95. The van der Waals surface area contributed by atoms with Gasteiger partial charge in [-0.25, -0.2) is 4.79 Å². The van der Waals surface area contributed by atoms with Gasteiger partial charge in [0.25, 0.3) is 0 Å². The topological polar surface area (TPSA) is 127 Å². The van der Waals surface area contributed by atoms with Crippen molar-refractivity contribution < 1.29 is 19.6 Å². The van der Waals surface area contributed by atoms with Crippen LogP contribution >= 0.6 is 0 Å². The molecule has 1 rings (SSSR count). The molecule has 9 heteroatoms. The molecule has 0 aliphatic rings. The number of nitro groups is 1. The number of carbonyl (C=O) groups excluding carboxylic acids is 1. The Kier molecular flexibility index (Phi) is 3.75. The zero-order chi connectivity index (χ0) is 13.0. The Labute approximate surface area is 95.2 Å². The first kappa shape index (κ1) is 12.6. The van der Waals surface area contributed by atoms with E-state index in [4.69, 9.17) is 5.11 Å². The molecule has 0 aliphatic heterocycles. The molecule has 92 valence electrons. The summed E-state index contributed by atoms with van der Waals surface area (Å²) in [5.74, 6) is -1.74. The van der Waals surface area contributed by atoms with Crippen LogP contribution in [0.2, 0.25) is 0 Å². The van der Waals surface area contributed by atoms with Crippen LogP contribution in [0.25, 0.3) is 0 Å². The molecule has 0 aliphatic carbocycles. The number of nitrogens with one attached hydrogen (secondary N) is 1. The van der Waals surface area contributed by atoms with Crippen LogP contribution in [0, 0.1) is 10.1 Å². The number of carboxylic acid groups (broad SMARTS) is 1. The summed E-state index contributed by atoms with van der Waals surface area (Å²) in [5, 5.41) is 25.1. The number of carbonyl (C=O) groups is 2. The Balaban J connectivity index is 2.88. The van der Waals surface area contributed by atoms with Crippen LogP contribution in [-0.2, 0) is 11.3 Å². The molecule has 0 saturated carbocycles. The van der Waals surface area contributed by atoms with Gasteiger partial charge in [-0.05, 0) is 0 Å². The maximum atomic E-state index is 10.9. The number of nitrogens with zero attached hydrogens (tertiary/aromatic N) is 3. The molecule has 0 atom stereocenters. The van der Waals surface area contributed by atoms with Gasteiger partial charge in [0.05, 0.1) is 4.92 Å². The van der Waals surface area contributed by atoms with Crippen molar-refractivity contribution in [2.45, 2.75) is 13.0 Å². The lowest BCUT2D eigenvalue weighted by molar-refractivity contribution is -0.385. The molecule has 1 aromatic rings. The largest absolute Gasteiger partial charge is 0.476 e. The Morgan fingerprint density at radius 3 is 2.71 bits per heavy atom. The SMILES string of the molecule is CNC(=O)CCn1cc([N+](=O)[O-])c(C(=O)O)n1. The summed E-state index contributed by atoms with van der Waals surface area (Å²) in [6.07, 6.45) is 1.06. The standard InChI is InChI=1S/C8H10N4O5/c1-9-6(13)2-3-11-4-5(12(16)17)7(10-11)8(14)15/h4H,2-3H2,1H3,(H,9,13)(H,14,15). The highest BCUT2D eigenvalue weighted by Gasteiger charge is 2.25. The maximum absolute atomic E-state index is 10.9. The number of amides is 1. The Hall–Kier alpha value is -2.45. The van der Waals surface area contributed by atoms with Gasteiger partial charge in [-0.1, -0.05) is 0 Å². The molecule has 1 amide bonds. The zero-order valence-corrected chi connectivity index (χ0v) is 8.91. The maximum Gasteiger partial charge on any atom is 0.363 e. The molecule has 0 aromatic carbocycles. The van der Waals surface area contributed by atoms with Crippen molar-refractivity contribution in [3.8, 4) is 0 Å². The highest BCUT2D eigenvalue weighted by Crippen LogP contribution is 2.16. The highest BCUT2D eigenvalue weighted by molar-refractivity contribution is 5.89. The summed E-state index contributed by atoms with van der Waals surface area (Å²) in [6.45, 7) is 0.0772. The first-order valence-corrected chi connectivity index (χ1v) is 4.61. The molecule has 0 saturated heterocycles. The minimum atomic E-state index is -1.48. The van der Waals surface area contributed by atoms with Gasteiger partial charge in [-0.15, -0.1) is 0 Å². The number of carboxylic acids is 1. The summed E-state index contributed by atoms with van der Waals surface area (Å²) in [6, 6.07) is 0. The fraction of sp³-hybridized carbons (Fsp3) is 0.375. The molecule has 9 nitrogen and oxygen atoms in total. The van der Waals surface area contributed by atoms with Crippen molar-refractivity contribution in [2.24, 2.45) is 0 Å². The average Bonchev–Trinajstić information content (AvgIpc) is 2.70. The van der Waals surface area contributed by atoms with Crippen molar-refractivity contribution in [3.63, 3.8) is 0 Å². The van der Waals surface area contributed by atoms with Crippen LogP contribution in [0.5, 0.6) is 0 Å². The van der Waals surface area contributed by atoms with E-state index in [9.17, 15) is 19.7 Å². The van der Waals surface area contributed by atoms with Crippen LogP contribution in [0.15, 0.2) is 6.20 Å². The third-order valence-electron chi connectivity index (χ3n) is 1.99. The minimum Gasteiger partial charge on any atom is -0.476 e. The van der Waals surface area contributed by atoms with Crippen LogP contribution in [0.4, 0.5) is 5.69 Å². The normalized spacial score (nSPS) is 9.94. The van der Waals surface area contributed by atoms with Gasteiger partial charge >= 0.3 is 11.7 Å². The summed E-state index contributed by atoms with van der Waals surface area (Å²) in [7, 11) is 1.45. The predicted molar refractivity (Wildman–Crippen MR) is 54.5 cm³/mol. The molecule has 0 bridgehead atoms. The average molecular weight is 242 g/mol. The van der Waals surface area contributed by atoms with Gasteiger partial charge in [0, 0.05) is 20.0 Å². The Bertz CT molecular complexity index is 435. The number of hydrogen-bond donors (Lipinski definition) is 2. The van der Waals surface area contributed by atoms with Crippen molar-refractivity contribution >= 4 is 17.6 Å². The third-order valence-corrected chi connectivity index (χ3v) is 1.99. The fourth-order valence-electron chi connectivity index (χ4n) is 1.15. The Morgan fingerprint density at radius 2 is 2.29 bits per heavy atom. The van der Waals surface area contributed by atoms with Gasteiger partial charge in [-0.3, -0.25) is 19.6 Å². The molecule has 17 heavy (non-hydrogen) atoms. The minimum absolute atomic E-state index is 0.0639. The number of aryl methyl sites for hydroxylation is 1. The number of aromatic carboxylic acids is 1. The quantitative estimate of drug-likeness (QED) is 0.535. The van der Waals surface area contributed by atoms with Crippen molar-refractivity contribution in [1.29, 1.82) is 0 Å². The molecule has 0 radical (unpaired) electrons. The molecular weight excluding hydrogens is 232 g/mol. The Morgan fingerprint density at radius 1 is 1.65 bits per heavy atom. The number of rotatable bonds is 5. The van der Waals surface area contributed by atoms with E-state index < -0.39 is 22.3 Å². The zero-order valence-electron chi connectivity index (χ0n) is 8.91. The molecule has 0 unspecified atom stereocenters. The van der Waals surface area contributed by atoms with Crippen molar-refractivity contribution in [1.82, 2.24) is 15.1 Å². The number of hydrogen-bond acceptors (Lipinski definition) is 5. The van der Waals surface area contributed by atoms with Gasteiger partial charge in [0.15, 0.2) is 0 Å². The molecular formula is C8H10N4O5. The second-order valence-electron chi connectivity index (χ2n) is 3.11. The van der Waals surface area contributed by atoms with Gasteiger partial charge in [0.2, 0.25) is 11.6 Å². The van der Waals surface area contributed by atoms with E-state index in [1.54, 1.807) is 0 Å². The highest BCUT2D eigenvalue weighted by atomic mass is 16.6. The monoisotopic (exact) mass is 242 g/mol. The van der Waals surface area contributed by atoms with Crippen LogP contribution < -0.4 is 5.32 Å². The van der Waals surface area contributed by atoms with Gasteiger partial charge in [-0.2, -0.15) is 5.10 Å². The smallest absolute Gasteiger partial charge is 0.363 e. The summed E-state index contributed by atoms with van der Waals surface area (Å²) in [4.78, 5) is 31.3. The van der Waals surface area contributed by atoms with E-state index in [-0.39, 0.29) is 18.9 Å². The summed E-state index contributed by atoms with van der Waals surface area (Å²) >= 11 is 0. The van der Waals surface area contributed by atoms with Crippen LogP contribution in [0.3, 0.4) is 0 Å². The van der Waals surface area contributed by atoms with E-state index in [1.165, 1.54) is 7.05 Å². The summed E-state index contributed by atoms with van der Waals surface area (Å²) in [5.41, 5.74) is -1.22. The number of aromatic nitrogens is 2. The third kappa shape index (κ3) is 3.00. The molecule has 1 heterocycles. The first-order valence-electron chi connectivity index (χ1n) is 4.61.